The Morgan fingerprint density at radius 2 is 2.18 bits per heavy atom. The van der Waals surface area contributed by atoms with Crippen molar-refractivity contribution < 1.29 is 0 Å². The van der Waals surface area contributed by atoms with Crippen LogP contribution in [-0.4, -0.2) is 6.54 Å². The highest BCUT2D eigenvalue weighted by Crippen LogP contribution is 2.15. The minimum Gasteiger partial charge on any atom is -0.329 e. The lowest BCUT2D eigenvalue weighted by Gasteiger charge is -2.08. The van der Waals surface area contributed by atoms with Crippen molar-refractivity contribution in [3.8, 4) is 0 Å². The summed E-state index contributed by atoms with van der Waals surface area (Å²) in [4.78, 5) is 0. The van der Waals surface area contributed by atoms with Crippen molar-refractivity contribution in [2.24, 2.45) is 11.5 Å². The summed E-state index contributed by atoms with van der Waals surface area (Å²) in [6.45, 7) is 0.483. The Kier molecular flexibility index (Phi) is 3.05. The van der Waals surface area contributed by atoms with E-state index in [1.807, 2.05) is 24.3 Å². The second kappa shape index (κ2) is 3.85. The number of nitrogens with two attached hydrogens (primary N) is 2. The molecule has 1 aromatic rings. The Morgan fingerprint density at radius 1 is 1.45 bits per heavy atom. The van der Waals surface area contributed by atoms with Gasteiger partial charge in [0, 0.05) is 17.1 Å². The number of benzene rings is 1. The molecular weight excluding hydrogens is 204 g/mol. The molecule has 60 valence electrons. The Balaban J connectivity index is 2.86. The van der Waals surface area contributed by atoms with Crippen LogP contribution in [0.15, 0.2) is 28.7 Å². The van der Waals surface area contributed by atoms with Gasteiger partial charge in [0.05, 0.1) is 0 Å². The molecule has 0 bridgehead atoms. The quantitative estimate of drug-likeness (QED) is 0.783. The number of rotatable bonds is 2. The van der Waals surface area contributed by atoms with Crippen molar-refractivity contribution >= 4 is 15.9 Å². The monoisotopic (exact) mass is 214 g/mol. The first-order chi connectivity index (χ1) is 5.24. The molecule has 1 aromatic carbocycles. The summed E-state index contributed by atoms with van der Waals surface area (Å²) in [5.41, 5.74) is 12.2. The van der Waals surface area contributed by atoms with E-state index in [4.69, 9.17) is 11.5 Å². The summed E-state index contributed by atoms with van der Waals surface area (Å²) in [5.74, 6) is 0. The van der Waals surface area contributed by atoms with E-state index < -0.39 is 0 Å². The fourth-order valence-electron chi connectivity index (χ4n) is 0.873. The van der Waals surface area contributed by atoms with E-state index in [0.717, 1.165) is 10.0 Å². The zero-order valence-electron chi connectivity index (χ0n) is 6.13. The van der Waals surface area contributed by atoms with Gasteiger partial charge in [0.2, 0.25) is 0 Å². The van der Waals surface area contributed by atoms with Gasteiger partial charge >= 0.3 is 0 Å². The van der Waals surface area contributed by atoms with E-state index in [1.165, 1.54) is 0 Å². The van der Waals surface area contributed by atoms with Crippen LogP contribution >= 0.6 is 15.9 Å². The van der Waals surface area contributed by atoms with Gasteiger partial charge in [0.15, 0.2) is 0 Å². The number of hydrogen-bond acceptors (Lipinski definition) is 2. The molecular formula is C8H11BrN2. The zero-order valence-corrected chi connectivity index (χ0v) is 7.71. The molecule has 0 aliphatic rings. The molecule has 0 radical (unpaired) electrons. The van der Waals surface area contributed by atoms with Gasteiger partial charge in [0.1, 0.15) is 0 Å². The Bertz CT molecular complexity index is 237. The Hall–Kier alpha value is -0.380. The lowest BCUT2D eigenvalue weighted by atomic mass is 10.1. The minimum atomic E-state index is -0.0486. The standard InChI is InChI=1S/C8H11BrN2/c9-7-3-1-2-6(4-7)8(11)5-10/h1-4,8H,5,10-11H2/t8-/m0/s1. The third-order valence-electron chi connectivity index (χ3n) is 1.53. The average molecular weight is 215 g/mol. The largest absolute Gasteiger partial charge is 0.329 e. The van der Waals surface area contributed by atoms with E-state index in [2.05, 4.69) is 15.9 Å². The molecule has 0 aliphatic carbocycles. The van der Waals surface area contributed by atoms with Gasteiger partial charge in [-0.15, -0.1) is 0 Å². The van der Waals surface area contributed by atoms with Gasteiger partial charge in [-0.05, 0) is 17.7 Å². The van der Waals surface area contributed by atoms with E-state index >= 15 is 0 Å². The maximum Gasteiger partial charge on any atom is 0.0419 e. The highest BCUT2D eigenvalue weighted by molar-refractivity contribution is 9.10. The normalized spacial score (nSPS) is 13.0. The first kappa shape index (κ1) is 8.71. The van der Waals surface area contributed by atoms with Crippen LogP contribution in [0.3, 0.4) is 0 Å². The lowest BCUT2D eigenvalue weighted by Crippen LogP contribution is -2.20. The minimum absolute atomic E-state index is 0.0486. The van der Waals surface area contributed by atoms with Crippen molar-refractivity contribution in [1.29, 1.82) is 0 Å². The fourth-order valence-corrected chi connectivity index (χ4v) is 1.29. The van der Waals surface area contributed by atoms with Crippen molar-refractivity contribution in [3.05, 3.63) is 34.3 Å². The van der Waals surface area contributed by atoms with E-state index in [1.54, 1.807) is 0 Å². The molecule has 0 aliphatic heterocycles. The first-order valence-corrected chi connectivity index (χ1v) is 4.24. The van der Waals surface area contributed by atoms with Crippen molar-refractivity contribution in [3.63, 3.8) is 0 Å². The molecule has 2 nitrogen and oxygen atoms in total. The maximum absolute atomic E-state index is 5.72. The number of hydrogen-bond donors (Lipinski definition) is 2. The maximum atomic E-state index is 5.72. The zero-order chi connectivity index (χ0) is 8.27. The van der Waals surface area contributed by atoms with Crippen LogP contribution in [0.2, 0.25) is 0 Å². The summed E-state index contributed by atoms with van der Waals surface area (Å²) in [6, 6.07) is 7.83. The van der Waals surface area contributed by atoms with Gasteiger partial charge in [-0.3, -0.25) is 0 Å². The highest BCUT2D eigenvalue weighted by Gasteiger charge is 2.01. The Morgan fingerprint density at radius 3 is 2.73 bits per heavy atom. The predicted molar refractivity (Wildman–Crippen MR) is 50.1 cm³/mol. The van der Waals surface area contributed by atoms with E-state index in [-0.39, 0.29) is 6.04 Å². The summed E-state index contributed by atoms with van der Waals surface area (Å²) in [5, 5.41) is 0. The van der Waals surface area contributed by atoms with Crippen LogP contribution in [-0.2, 0) is 0 Å². The second-order valence-electron chi connectivity index (χ2n) is 2.40. The average Bonchev–Trinajstić information content (AvgIpc) is 2.03. The SMILES string of the molecule is NC[C@H](N)c1cccc(Br)c1. The van der Waals surface area contributed by atoms with Crippen LogP contribution in [0.5, 0.6) is 0 Å². The fraction of sp³-hybridized carbons (Fsp3) is 0.250. The molecule has 0 aromatic heterocycles. The summed E-state index contributed by atoms with van der Waals surface area (Å²) in [6.07, 6.45) is 0. The molecule has 0 spiro atoms. The summed E-state index contributed by atoms with van der Waals surface area (Å²) in [7, 11) is 0. The van der Waals surface area contributed by atoms with Crippen molar-refractivity contribution in [2.75, 3.05) is 6.54 Å². The van der Waals surface area contributed by atoms with Gasteiger partial charge in [0.25, 0.3) is 0 Å². The van der Waals surface area contributed by atoms with Crippen LogP contribution in [0.1, 0.15) is 11.6 Å². The lowest BCUT2D eigenvalue weighted by molar-refractivity contribution is 0.736. The molecule has 0 fully saturated rings. The molecule has 0 saturated heterocycles. The highest BCUT2D eigenvalue weighted by atomic mass is 79.9. The summed E-state index contributed by atoms with van der Waals surface area (Å²) >= 11 is 3.36. The van der Waals surface area contributed by atoms with Crippen LogP contribution in [0.25, 0.3) is 0 Å². The topological polar surface area (TPSA) is 52.0 Å². The van der Waals surface area contributed by atoms with E-state index in [9.17, 15) is 0 Å². The molecule has 11 heavy (non-hydrogen) atoms. The van der Waals surface area contributed by atoms with Crippen LogP contribution in [0, 0.1) is 0 Å². The molecule has 0 saturated carbocycles. The van der Waals surface area contributed by atoms with E-state index in [0.29, 0.717) is 6.54 Å². The van der Waals surface area contributed by atoms with Crippen LogP contribution in [0.4, 0.5) is 0 Å². The molecule has 1 atom stereocenters. The van der Waals surface area contributed by atoms with Crippen LogP contribution < -0.4 is 11.5 Å². The molecule has 0 amide bonds. The van der Waals surface area contributed by atoms with Gasteiger partial charge in [-0.1, -0.05) is 28.1 Å². The molecule has 0 unspecified atom stereocenters. The second-order valence-corrected chi connectivity index (χ2v) is 3.31. The van der Waals surface area contributed by atoms with Gasteiger partial charge < -0.3 is 11.5 Å². The third kappa shape index (κ3) is 2.29. The third-order valence-corrected chi connectivity index (χ3v) is 2.02. The number of halogens is 1. The summed E-state index contributed by atoms with van der Waals surface area (Å²) < 4.78 is 1.04. The molecule has 1 rings (SSSR count). The van der Waals surface area contributed by atoms with Gasteiger partial charge in [-0.2, -0.15) is 0 Å². The molecule has 0 heterocycles. The first-order valence-electron chi connectivity index (χ1n) is 3.45. The van der Waals surface area contributed by atoms with Crippen molar-refractivity contribution in [2.45, 2.75) is 6.04 Å². The van der Waals surface area contributed by atoms with Gasteiger partial charge in [-0.25, -0.2) is 0 Å². The smallest absolute Gasteiger partial charge is 0.0419 e. The Labute approximate surface area is 74.7 Å². The predicted octanol–water partition coefficient (Wildman–Crippen LogP) is 1.41. The molecule has 4 N–H and O–H groups in total. The van der Waals surface area contributed by atoms with Crippen molar-refractivity contribution in [1.82, 2.24) is 0 Å². The molecule has 3 heteroatoms.